The number of ketones is 2. The number of phenols is 1. The Morgan fingerprint density at radius 1 is 1.00 bits per heavy atom. The average Bonchev–Trinajstić information content (AvgIpc) is 3.12. The van der Waals surface area contributed by atoms with E-state index < -0.39 is 40.1 Å². The third-order valence-corrected chi connectivity index (χ3v) is 10.5. The summed E-state index contributed by atoms with van der Waals surface area (Å²) in [7, 11) is 0. The Morgan fingerprint density at radius 2 is 1.70 bits per heavy atom. The lowest BCUT2D eigenvalue weighted by Crippen LogP contribution is -2.72. The van der Waals surface area contributed by atoms with E-state index in [0.29, 0.717) is 41.7 Å². The lowest BCUT2D eigenvalue weighted by molar-refractivity contribution is -0.171. The van der Waals surface area contributed by atoms with Gasteiger partial charge in [-0.25, -0.2) is 4.79 Å². The Morgan fingerprint density at radius 3 is 2.35 bits per heavy atom. The molecule has 8 heteroatoms. The predicted molar refractivity (Wildman–Crippen MR) is 174 cm³/mol. The molecular formula is C38H44O8. The van der Waals surface area contributed by atoms with E-state index in [-0.39, 0.29) is 40.8 Å². The van der Waals surface area contributed by atoms with Crippen molar-refractivity contribution in [3.8, 4) is 17.2 Å². The molecule has 4 bridgehead atoms. The fourth-order valence-electron chi connectivity index (χ4n) is 8.17. The van der Waals surface area contributed by atoms with Gasteiger partial charge in [0.25, 0.3) is 0 Å². The molecule has 1 aromatic rings. The van der Waals surface area contributed by atoms with Gasteiger partial charge in [0.05, 0.1) is 11.2 Å². The second kappa shape index (κ2) is 10.6. The third-order valence-electron chi connectivity index (χ3n) is 10.5. The van der Waals surface area contributed by atoms with E-state index in [1.165, 1.54) is 18.6 Å². The zero-order valence-corrected chi connectivity index (χ0v) is 28.0. The number of carboxylic acids is 1. The van der Waals surface area contributed by atoms with Crippen molar-refractivity contribution in [2.75, 3.05) is 0 Å². The number of carboxylic acid groups (broad SMARTS) is 1. The van der Waals surface area contributed by atoms with Gasteiger partial charge >= 0.3 is 5.97 Å². The molecule has 6 aliphatic rings. The van der Waals surface area contributed by atoms with E-state index in [0.717, 1.165) is 12.0 Å². The zero-order valence-electron chi connectivity index (χ0n) is 28.0. The van der Waals surface area contributed by atoms with E-state index in [4.69, 9.17) is 14.2 Å². The summed E-state index contributed by atoms with van der Waals surface area (Å²) in [5, 5.41) is 21.4. The number of ether oxygens (including phenoxy) is 3. The highest BCUT2D eigenvalue weighted by Crippen LogP contribution is 2.68. The van der Waals surface area contributed by atoms with Gasteiger partial charge in [-0.3, -0.25) is 9.59 Å². The van der Waals surface area contributed by atoms with Gasteiger partial charge in [0.2, 0.25) is 0 Å². The molecule has 1 spiro atoms. The number of phenolic OH excluding ortho intramolecular Hbond substituents is 1. The molecule has 2 fully saturated rings. The summed E-state index contributed by atoms with van der Waals surface area (Å²) in [6, 6.07) is 0. The Hall–Kier alpha value is -3.91. The number of aliphatic carboxylic acids is 1. The second-order valence-electron chi connectivity index (χ2n) is 14.8. The number of hydrogen-bond donors (Lipinski definition) is 2. The van der Waals surface area contributed by atoms with E-state index in [1.54, 1.807) is 6.08 Å². The molecule has 3 aliphatic carbocycles. The summed E-state index contributed by atoms with van der Waals surface area (Å²) in [5.74, 6) is -2.28. The molecule has 244 valence electrons. The van der Waals surface area contributed by atoms with Crippen LogP contribution in [-0.2, 0) is 20.7 Å². The first kappa shape index (κ1) is 32.0. The van der Waals surface area contributed by atoms with E-state index >= 15 is 0 Å². The quantitative estimate of drug-likeness (QED) is 0.228. The first-order chi connectivity index (χ1) is 21.5. The molecule has 5 atom stereocenters. The first-order valence-corrected chi connectivity index (χ1v) is 16.2. The Kier molecular flexibility index (Phi) is 7.36. The van der Waals surface area contributed by atoms with Gasteiger partial charge in [0.15, 0.2) is 22.8 Å². The van der Waals surface area contributed by atoms with Crippen molar-refractivity contribution in [3.63, 3.8) is 0 Å². The molecule has 0 amide bonds. The molecule has 0 radical (unpaired) electrons. The van der Waals surface area contributed by atoms with Crippen LogP contribution in [0.3, 0.4) is 0 Å². The smallest absolute Gasteiger partial charge is 0.330 e. The SMILES string of the molecule is CC(C)=CCCC1(C)C=Cc2c(O)c3c(c(CC=C(C)C)c2O1)O[C@]12C(=C[C@@H]4CC1C(C)(C)O[C@@]2(CC=C(C)C(=O)O)C4=O)C3=O. The van der Waals surface area contributed by atoms with Crippen molar-refractivity contribution in [1.82, 2.24) is 0 Å². The number of aromatic hydroxyl groups is 1. The van der Waals surface area contributed by atoms with Crippen molar-refractivity contribution in [2.45, 2.75) is 110 Å². The number of rotatable bonds is 8. The van der Waals surface area contributed by atoms with Crippen LogP contribution in [0.1, 0.15) is 103 Å². The standard InChI is InChI=1S/C38H44O8/c1-20(2)10-9-15-36(8)16-14-24-29(39)28-30(40)26-18-23-19-27-35(6,7)46-37(33(23)41,17-13-22(5)34(42)43)38(26,27)45-32(28)25(31(24)44-36)12-11-21(3)4/h10-11,13-14,16,18,23,27,39H,9,12,15,17,19H2,1-8H3,(H,42,43)/t23-,27?,36?,37+,38-/m1/s1. The molecule has 2 N–H and O–H groups in total. The van der Waals surface area contributed by atoms with Crippen LogP contribution < -0.4 is 9.47 Å². The molecule has 3 heterocycles. The zero-order chi connectivity index (χ0) is 33.6. The van der Waals surface area contributed by atoms with Crippen LogP contribution >= 0.6 is 0 Å². The maximum absolute atomic E-state index is 14.7. The van der Waals surface area contributed by atoms with Crippen LogP contribution in [0.25, 0.3) is 6.08 Å². The van der Waals surface area contributed by atoms with Gasteiger partial charge in [0.1, 0.15) is 28.4 Å². The maximum Gasteiger partial charge on any atom is 0.330 e. The van der Waals surface area contributed by atoms with E-state index in [9.17, 15) is 24.6 Å². The molecule has 0 aromatic heterocycles. The number of carbonyl (C=O) groups is 3. The summed E-state index contributed by atoms with van der Waals surface area (Å²) >= 11 is 0. The van der Waals surface area contributed by atoms with E-state index in [2.05, 4.69) is 19.9 Å². The van der Waals surface area contributed by atoms with E-state index in [1.807, 2.05) is 52.8 Å². The predicted octanol–water partition coefficient (Wildman–Crippen LogP) is 7.24. The normalized spacial score (nSPS) is 31.2. The van der Waals surface area contributed by atoms with Crippen molar-refractivity contribution >= 4 is 23.6 Å². The van der Waals surface area contributed by atoms with Crippen LogP contribution in [0.5, 0.6) is 17.2 Å². The first-order valence-electron chi connectivity index (χ1n) is 16.2. The number of allylic oxidation sites excluding steroid dienone is 5. The fourth-order valence-corrected chi connectivity index (χ4v) is 8.17. The van der Waals surface area contributed by atoms with Gasteiger partial charge in [-0.1, -0.05) is 35.5 Å². The summed E-state index contributed by atoms with van der Waals surface area (Å²) in [4.78, 5) is 40.8. The molecule has 7 rings (SSSR count). The monoisotopic (exact) mass is 628 g/mol. The summed E-state index contributed by atoms with van der Waals surface area (Å²) < 4.78 is 20.6. The van der Waals surface area contributed by atoms with Crippen molar-refractivity contribution < 1.29 is 38.8 Å². The molecule has 3 aliphatic heterocycles. The molecule has 1 aromatic carbocycles. The van der Waals surface area contributed by atoms with Gasteiger partial charge in [0, 0.05) is 35.0 Å². The van der Waals surface area contributed by atoms with Crippen LogP contribution in [0.2, 0.25) is 0 Å². The average molecular weight is 629 g/mol. The van der Waals surface area contributed by atoms with Crippen LogP contribution in [0.4, 0.5) is 0 Å². The molecule has 8 nitrogen and oxygen atoms in total. The minimum Gasteiger partial charge on any atom is -0.506 e. The number of benzene rings is 1. The minimum atomic E-state index is -1.63. The lowest BCUT2D eigenvalue weighted by atomic mass is 9.51. The van der Waals surface area contributed by atoms with Crippen molar-refractivity contribution in [2.24, 2.45) is 11.8 Å². The highest BCUT2D eigenvalue weighted by atomic mass is 16.6. The maximum atomic E-state index is 14.7. The van der Waals surface area contributed by atoms with Crippen molar-refractivity contribution in [3.05, 3.63) is 69.4 Å². The Bertz CT molecular complexity index is 1730. The fraction of sp³-hybridized carbons (Fsp3) is 0.500. The third kappa shape index (κ3) is 4.47. The number of carbonyl (C=O) groups excluding carboxylic acids is 2. The molecule has 46 heavy (non-hydrogen) atoms. The summed E-state index contributed by atoms with van der Waals surface area (Å²) in [6.07, 6.45) is 13.4. The number of Topliss-reactive ketones (excluding diaryl/α,β-unsaturated/α-hetero) is 2. The van der Waals surface area contributed by atoms with Crippen LogP contribution in [0, 0.1) is 11.8 Å². The lowest BCUT2D eigenvalue weighted by Gasteiger charge is -2.56. The van der Waals surface area contributed by atoms with Gasteiger partial charge in [-0.15, -0.1) is 0 Å². The number of hydrogen-bond acceptors (Lipinski definition) is 7. The number of fused-ring (bicyclic) bond motifs is 2. The van der Waals surface area contributed by atoms with Gasteiger partial charge in [-0.05, 0) is 93.2 Å². The van der Waals surface area contributed by atoms with Crippen molar-refractivity contribution in [1.29, 1.82) is 0 Å². The summed E-state index contributed by atoms with van der Waals surface area (Å²) in [6.45, 7) is 15.4. The Balaban J connectivity index is 1.59. The van der Waals surface area contributed by atoms with Gasteiger partial charge < -0.3 is 24.4 Å². The molecule has 1 saturated carbocycles. The highest BCUT2D eigenvalue weighted by molar-refractivity contribution is 6.19. The highest BCUT2D eigenvalue weighted by Gasteiger charge is 2.81. The molecule has 2 unspecified atom stereocenters. The van der Waals surface area contributed by atoms with Crippen LogP contribution in [-0.4, -0.2) is 50.2 Å². The molecular weight excluding hydrogens is 584 g/mol. The Labute approximate surface area is 270 Å². The second-order valence-corrected chi connectivity index (χ2v) is 14.8. The van der Waals surface area contributed by atoms with Crippen LogP contribution in [0.15, 0.2) is 52.7 Å². The largest absolute Gasteiger partial charge is 0.506 e. The minimum absolute atomic E-state index is 0.0544. The summed E-state index contributed by atoms with van der Waals surface area (Å²) in [5.41, 5.74) is -0.952. The topological polar surface area (TPSA) is 119 Å². The molecule has 1 saturated heterocycles. The van der Waals surface area contributed by atoms with Gasteiger partial charge in [-0.2, -0.15) is 0 Å².